The van der Waals surface area contributed by atoms with Crippen LogP contribution >= 0.6 is 0 Å². The van der Waals surface area contributed by atoms with Gasteiger partial charge in [-0.3, -0.25) is 9.69 Å². The minimum atomic E-state index is -0.166. The van der Waals surface area contributed by atoms with Gasteiger partial charge in [0, 0.05) is 35.7 Å². The minimum absolute atomic E-state index is 0.000415. The van der Waals surface area contributed by atoms with Crippen molar-refractivity contribution in [2.75, 3.05) is 18.8 Å². The van der Waals surface area contributed by atoms with Crippen LogP contribution in [0, 0.1) is 0 Å². The van der Waals surface area contributed by atoms with Crippen LogP contribution in [-0.4, -0.2) is 32.9 Å². The summed E-state index contributed by atoms with van der Waals surface area (Å²) >= 11 is 0. The van der Waals surface area contributed by atoms with E-state index in [-0.39, 0.29) is 16.4 Å². The molecular formula is C21H29N5O. The highest BCUT2D eigenvalue weighted by Crippen LogP contribution is 2.43. The molecule has 144 valence electrons. The predicted molar refractivity (Wildman–Crippen MR) is 107 cm³/mol. The Morgan fingerprint density at radius 3 is 2.89 bits per heavy atom. The molecule has 1 fully saturated rings. The summed E-state index contributed by atoms with van der Waals surface area (Å²) in [5.41, 5.74) is 8.87. The average Bonchev–Trinajstić information content (AvgIpc) is 2.93. The number of rotatable bonds is 2. The van der Waals surface area contributed by atoms with Gasteiger partial charge < -0.3 is 10.7 Å². The van der Waals surface area contributed by atoms with Gasteiger partial charge in [-0.2, -0.15) is 0 Å². The lowest BCUT2D eigenvalue weighted by atomic mass is 9.77. The molecule has 1 unspecified atom stereocenters. The van der Waals surface area contributed by atoms with Crippen LogP contribution in [0.15, 0.2) is 23.1 Å². The monoisotopic (exact) mass is 367 g/mol. The number of anilines is 1. The number of hydrogen-bond donors (Lipinski definition) is 2. The zero-order chi connectivity index (χ0) is 19.2. The maximum Gasteiger partial charge on any atom is 0.254 e. The van der Waals surface area contributed by atoms with Crippen molar-refractivity contribution >= 4 is 5.82 Å². The van der Waals surface area contributed by atoms with Crippen LogP contribution in [0.3, 0.4) is 0 Å². The number of nitrogen functional groups attached to an aromatic ring is 1. The van der Waals surface area contributed by atoms with Crippen LogP contribution in [0.4, 0.5) is 5.82 Å². The molecule has 6 nitrogen and oxygen atoms in total. The van der Waals surface area contributed by atoms with Crippen LogP contribution in [-0.2, 0) is 23.8 Å². The zero-order valence-electron chi connectivity index (χ0n) is 16.5. The fourth-order valence-electron chi connectivity index (χ4n) is 4.62. The second-order valence-corrected chi connectivity index (χ2v) is 9.18. The Balaban J connectivity index is 1.65. The number of H-pyrrole nitrogens is 1. The summed E-state index contributed by atoms with van der Waals surface area (Å²) in [6.45, 7) is 9.16. The molecule has 1 atom stereocenters. The molecule has 0 aromatic carbocycles. The number of nitrogens with two attached hydrogens (primary N) is 1. The predicted octanol–water partition coefficient (Wildman–Crippen LogP) is 2.52. The topological polar surface area (TPSA) is 87.9 Å². The van der Waals surface area contributed by atoms with Crippen LogP contribution in [0.25, 0.3) is 0 Å². The number of fused-ring (bicyclic) bond motifs is 2. The fraction of sp³-hybridized carbons (Fsp3) is 0.571. The Hall–Kier alpha value is -2.21. The minimum Gasteiger partial charge on any atom is -0.384 e. The first-order valence-electron chi connectivity index (χ1n) is 9.84. The first-order valence-corrected chi connectivity index (χ1v) is 9.84. The van der Waals surface area contributed by atoms with Gasteiger partial charge in [-0.05, 0) is 49.9 Å². The molecule has 27 heavy (non-hydrogen) atoms. The Morgan fingerprint density at radius 2 is 2.15 bits per heavy atom. The Labute approximate surface area is 160 Å². The van der Waals surface area contributed by atoms with Crippen LogP contribution < -0.4 is 11.3 Å². The summed E-state index contributed by atoms with van der Waals surface area (Å²) < 4.78 is 0. The van der Waals surface area contributed by atoms with E-state index in [1.807, 2.05) is 12.1 Å². The third kappa shape index (κ3) is 3.38. The second kappa shape index (κ2) is 6.44. The van der Waals surface area contributed by atoms with Crippen molar-refractivity contribution in [1.82, 2.24) is 19.9 Å². The number of pyridine rings is 1. The number of nitrogens with one attached hydrogen (secondary N) is 1. The smallest absolute Gasteiger partial charge is 0.254 e. The van der Waals surface area contributed by atoms with E-state index in [0.29, 0.717) is 5.82 Å². The van der Waals surface area contributed by atoms with E-state index in [2.05, 4.69) is 35.6 Å². The van der Waals surface area contributed by atoms with Gasteiger partial charge in [0.2, 0.25) is 0 Å². The molecule has 6 heteroatoms. The van der Waals surface area contributed by atoms with Crippen LogP contribution in [0.5, 0.6) is 0 Å². The van der Waals surface area contributed by atoms with E-state index in [9.17, 15) is 4.79 Å². The van der Waals surface area contributed by atoms with Gasteiger partial charge in [0.05, 0.1) is 5.69 Å². The van der Waals surface area contributed by atoms with Crippen molar-refractivity contribution < 1.29 is 0 Å². The lowest BCUT2D eigenvalue weighted by Gasteiger charge is -2.40. The van der Waals surface area contributed by atoms with Crippen molar-refractivity contribution in [1.29, 1.82) is 0 Å². The Bertz CT molecular complexity index is 914. The molecule has 2 aromatic heterocycles. The summed E-state index contributed by atoms with van der Waals surface area (Å²) in [6, 6.07) is 3.98. The van der Waals surface area contributed by atoms with Gasteiger partial charge in [-0.1, -0.05) is 20.8 Å². The molecule has 0 saturated carbocycles. The third-order valence-corrected chi connectivity index (χ3v) is 5.99. The molecule has 1 spiro atoms. The summed E-state index contributed by atoms with van der Waals surface area (Å²) in [5, 5.41) is 0. The van der Waals surface area contributed by atoms with Crippen molar-refractivity contribution in [2.24, 2.45) is 0 Å². The number of nitrogens with zero attached hydrogens (tertiary/aromatic N) is 3. The zero-order valence-corrected chi connectivity index (χ0v) is 16.5. The molecule has 3 heterocycles. The average molecular weight is 367 g/mol. The van der Waals surface area contributed by atoms with Gasteiger partial charge in [0.1, 0.15) is 11.6 Å². The number of aromatic nitrogens is 3. The SMILES string of the molecule is CC(C)(C)c1nc2c(c(=O)[nH]1)CCC21CCCN(Cc2ccnc(N)c2)C1. The molecule has 1 aliphatic carbocycles. The van der Waals surface area contributed by atoms with Gasteiger partial charge >= 0.3 is 0 Å². The summed E-state index contributed by atoms with van der Waals surface area (Å²) in [7, 11) is 0. The maximum absolute atomic E-state index is 12.7. The molecule has 0 radical (unpaired) electrons. The normalized spacial score (nSPS) is 22.9. The number of hydrogen-bond acceptors (Lipinski definition) is 5. The van der Waals surface area contributed by atoms with Crippen molar-refractivity contribution in [3.63, 3.8) is 0 Å². The molecular weight excluding hydrogens is 338 g/mol. The van der Waals surface area contributed by atoms with E-state index in [1.165, 1.54) is 5.56 Å². The Kier molecular flexibility index (Phi) is 4.34. The first-order chi connectivity index (χ1) is 12.8. The number of aromatic amines is 1. The van der Waals surface area contributed by atoms with Crippen molar-refractivity contribution in [3.8, 4) is 0 Å². The van der Waals surface area contributed by atoms with Crippen LogP contribution in [0.2, 0.25) is 0 Å². The van der Waals surface area contributed by atoms with E-state index >= 15 is 0 Å². The van der Waals surface area contributed by atoms with Gasteiger partial charge in [-0.25, -0.2) is 9.97 Å². The highest BCUT2D eigenvalue weighted by Gasteiger charge is 2.45. The Morgan fingerprint density at radius 1 is 1.33 bits per heavy atom. The standard InChI is InChI=1S/C21H29N5O/c1-20(2,3)19-24-17-15(18(27)25-19)5-8-21(17)7-4-10-26(13-21)12-14-6-9-23-16(22)11-14/h6,9,11H,4-5,7-8,10,12-13H2,1-3H3,(H2,22,23)(H,24,25,27). The molecule has 4 rings (SSSR count). The molecule has 2 aromatic rings. The lowest BCUT2D eigenvalue weighted by molar-refractivity contribution is 0.136. The maximum atomic E-state index is 12.7. The molecule has 0 bridgehead atoms. The first kappa shape index (κ1) is 18.2. The van der Waals surface area contributed by atoms with E-state index in [0.717, 1.165) is 62.4 Å². The summed E-state index contributed by atoms with van der Waals surface area (Å²) in [5.74, 6) is 1.36. The van der Waals surface area contributed by atoms with Gasteiger partial charge in [0.25, 0.3) is 5.56 Å². The highest BCUT2D eigenvalue weighted by molar-refractivity contribution is 5.35. The van der Waals surface area contributed by atoms with Gasteiger partial charge in [-0.15, -0.1) is 0 Å². The molecule has 3 N–H and O–H groups in total. The lowest BCUT2D eigenvalue weighted by Crippen LogP contribution is -2.45. The quantitative estimate of drug-likeness (QED) is 0.851. The largest absolute Gasteiger partial charge is 0.384 e. The third-order valence-electron chi connectivity index (χ3n) is 5.99. The molecule has 1 aliphatic heterocycles. The van der Waals surface area contributed by atoms with E-state index in [4.69, 9.17) is 10.7 Å². The fourth-order valence-corrected chi connectivity index (χ4v) is 4.62. The van der Waals surface area contributed by atoms with Crippen molar-refractivity contribution in [3.05, 3.63) is 51.3 Å². The molecule has 0 amide bonds. The molecule has 2 aliphatic rings. The summed E-state index contributed by atoms with van der Waals surface area (Å²) in [6.07, 6.45) is 5.85. The van der Waals surface area contributed by atoms with E-state index < -0.39 is 0 Å². The highest BCUT2D eigenvalue weighted by atomic mass is 16.1. The number of likely N-dealkylation sites (tertiary alicyclic amines) is 1. The second-order valence-electron chi connectivity index (χ2n) is 9.18. The van der Waals surface area contributed by atoms with Crippen LogP contribution in [0.1, 0.15) is 62.7 Å². The van der Waals surface area contributed by atoms with Gasteiger partial charge in [0.15, 0.2) is 0 Å². The number of piperidine rings is 1. The van der Waals surface area contributed by atoms with Crippen molar-refractivity contribution in [2.45, 2.75) is 63.8 Å². The van der Waals surface area contributed by atoms with E-state index in [1.54, 1.807) is 6.20 Å². The molecule has 1 saturated heterocycles. The summed E-state index contributed by atoms with van der Waals surface area (Å²) in [4.78, 5) is 27.3.